The summed E-state index contributed by atoms with van der Waals surface area (Å²) < 4.78 is 25.8. The molecule has 0 unspecified atom stereocenters. The van der Waals surface area contributed by atoms with Crippen LogP contribution < -0.4 is 5.32 Å². The van der Waals surface area contributed by atoms with Crippen molar-refractivity contribution in [2.75, 3.05) is 10.6 Å². The van der Waals surface area contributed by atoms with Gasteiger partial charge < -0.3 is 5.32 Å². The first-order valence-corrected chi connectivity index (χ1v) is 5.96. The summed E-state index contributed by atoms with van der Waals surface area (Å²) in [6.07, 6.45) is 0.249. The van der Waals surface area contributed by atoms with E-state index in [0.717, 1.165) is 12.1 Å². The molecular weight excluding hydrogens is 336 g/mol. The number of halogens is 4. The summed E-state index contributed by atoms with van der Waals surface area (Å²) in [5.41, 5.74) is 0.110. The Hall–Kier alpha value is -0.490. The first kappa shape index (κ1) is 12.6. The Balaban J connectivity index is 2.83. The zero-order chi connectivity index (χ0) is 11.4. The van der Waals surface area contributed by atoms with Crippen LogP contribution in [0.5, 0.6) is 0 Å². The number of benzene rings is 1. The Labute approximate surface area is 102 Å². The average molecular weight is 343 g/mol. The lowest BCUT2D eigenvalue weighted by Crippen LogP contribution is -2.12. The Morgan fingerprint density at radius 3 is 2.33 bits per heavy atom. The summed E-state index contributed by atoms with van der Waals surface area (Å²) >= 11 is 5.83. The summed E-state index contributed by atoms with van der Waals surface area (Å²) in [6.45, 7) is 0. The highest BCUT2D eigenvalue weighted by molar-refractivity contribution is 9.10. The molecule has 0 radical (unpaired) electrons. The number of anilines is 1. The lowest BCUT2D eigenvalue weighted by atomic mass is 10.3. The summed E-state index contributed by atoms with van der Waals surface area (Å²) in [5, 5.41) is 2.88. The maximum absolute atomic E-state index is 13.0. The molecule has 0 heterocycles. The number of alkyl halides is 1. The van der Waals surface area contributed by atoms with E-state index >= 15 is 0 Å². The highest BCUT2D eigenvalue weighted by Crippen LogP contribution is 2.23. The van der Waals surface area contributed by atoms with E-state index in [9.17, 15) is 13.6 Å². The minimum Gasteiger partial charge on any atom is -0.326 e. The molecular formula is C9H7Br2F2NO. The van der Waals surface area contributed by atoms with Crippen molar-refractivity contribution in [2.45, 2.75) is 6.42 Å². The number of nitrogens with one attached hydrogen (secondary N) is 1. The fourth-order valence-corrected chi connectivity index (χ4v) is 1.53. The molecule has 1 rings (SSSR count). The van der Waals surface area contributed by atoms with Gasteiger partial charge in [0.2, 0.25) is 5.91 Å². The Bertz CT molecular complexity index is 361. The standard InChI is InChI=1S/C9H7Br2F2NO/c10-2-1-8(15)14-5-3-6(12)9(11)7(13)4-5/h3-4H,1-2H2,(H,14,15). The van der Waals surface area contributed by atoms with Crippen molar-refractivity contribution in [3.63, 3.8) is 0 Å². The molecule has 15 heavy (non-hydrogen) atoms. The first-order valence-electron chi connectivity index (χ1n) is 4.05. The molecule has 6 heteroatoms. The van der Waals surface area contributed by atoms with Crippen molar-refractivity contribution in [2.24, 2.45) is 0 Å². The molecule has 1 aromatic rings. The molecule has 82 valence electrons. The molecule has 0 aliphatic heterocycles. The number of carbonyl (C=O) groups is 1. The molecule has 0 bridgehead atoms. The van der Waals surface area contributed by atoms with Crippen LogP contribution in [0.4, 0.5) is 14.5 Å². The lowest BCUT2D eigenvalue weighted by Gasteiger charge is -2.05. The van der Waals surface area contributed by atoms with E-state index in [0.29, 0.717) is 5.33 Å². The zero-order valence-corrected chi connectivity index (χ0v) is 10.7. The first-order chi connectivity index (χ1) is 7.04. The predicted octanol–water partition coefficient (Wildman–Crippen LogP) is 3.45. The molecule has 0 spiro atoms. The van der Waals surface area contributed by atoms with Crippen LogP contribution >= 0.6 is 31.9 Å². The van der Waals surface area contributed by atoms with E-state index in [4.69, 9.17) is 0 Å². The van der Waals surface area contributed by atoms with E-state index in [1.54, 1.807) is 0 Å². The summed E-state index contributed by atoms with van der Waals surface area (Å²) in [6, 6.07) is 2.11. The van der Waals surface area contributed by atoms with Gasteiger partial charge in [-0.1, -0.05) is 15.9 Å². The SMILES string of the molecule is O=C(CCBr)Nc1cc(F)c(Br)c(F)c1. The van der Waals surface area contributed by atoms with Gasteiger partial charge in [0.05, 0.1) is 4.47 Å². The van der Waals surface area contributed by atoms with Crippen molar-refractivity contribution >= 4 is 43.5 Å². The fraction of sp³-hybridized carbons (Fsp3) is 0.222. The highest BCUT2D eigenvalue weighted by atomic mass is 79.9. The largest absolute Gasteiger partial charge is 0.326 e. The van der Waals surface area contributed by atoms with Crippen LogP contribution in [0.15, 0.2) is 16.6 Å². The van der Waals surface area contributed by atoms with E-state index in [1.807, 2.05) is 0 Å². The zero-order valence-electron chi connectivity index (χ0n) is 7.49. The second-order valence-corrected chi connectivity index (χ2v) is 4.33. The van der Waals surface area contributed by atoms with Crippen LogP contribution in [0.1, 0.15) is 6.42 Å². The van der Waals surface area contributed by atoms with Crippen molar-refractivity contribution in [1.82, 2.24) is 0 Å². The smallest absolute Gasteiger partial charge is 0.225 e. The molecule has 2 nitrogen and oxygen atoms in total. The molecule has 0 fully saturated rings. The topological polar surface area (TPSA) is 29.1 Å². The predicted molar refractivity (Wildman–Crippen MR) is 61.1 cm³/mol. The molecule has 0 aliphatic rings. The second kappa shape index (κ2) is 5.55. The van der Waals surface area contributed by atoms with Crippen molar-refractivity contribution in [3.8, 4) is 0 Å². The number of rotatable bonds is 3. The molecule has 1 aromatic carbocycles. The summed E-state index contributed by atoms with van der Waals surface area (Å²) in [4.78, 5) is 11.1. The normalized spacial score (nSPS) is 10.1. The number of amides is 1. The molecule has 1 amide bonds. The van der Waals surface area contributed by atoms with Gasteiger partial charge in [0, 0.05) is 17.4 Å². The minimum atomic E-state index is -0.746. The van der Waals surface area contributed by atoms with Crippen LogP contribution in [-0.2, 0) is 4.79 Å². The van der Waals surface area contributed by atoms with Gasteiger partial charge in [-0.3, -0.25) is 4.79 Å². The Morgan fingerprint density at radius 1 is 1.33 bits per heavy atom. The number of hydrogen-bond acceptors (Lipinski definition) is 1. The van der Waals surface area contributed by atoms with E-state index in [2.05, 4.69) is 37.2 Å². The quantitative estimate of drug-likeness (QED) is 0.661. The molecule has 0 aromatic heterocycles. The van der Waals surface area contributed by atoms with E-state index in [1.165, 1.54) is 0 Å². The van der Waals surface area contributed by atoms with Crippen LogP contribution in [-0.4, -0.2) is 11.2 Å². The van der Waals surface area contributed by atoms with Crippen LogP contribution in [0.3, 0.4) is 0 Å². The number of carbonyl (C=O) groups excluding carboxylic acids is 1. The molecule has 0 aliphatic carbocycles. The van der Waals surface area contributed by atoms with Gasteiger partial charge >= 0.3 is 0 Å². The Kier molecular flexibility index (Phi) is 4.66. The summed E-state index contributed by atoms with van der Waals surface area (Å²) in [5.74, 6) is -1.79. The van der Waals surface area contributed by atoms with Crippen molar-refractivity contribution < 1.29 is 13.6 Å². The van der Waals surface area contributed by atoms with Gasteiger partial charge in [0.1, 0.15) is 11.6 Å². The summed E-state index contributed by atoms with van der Waals surface area (Å²) in [7, 11) is 0. The fourth-order valence-electron chi connectivity index (χ4n) is 0.937. The number of hydrogen-bond donors (Lipinski definition) is 1. The minimum absolute atomic E-state index is 0.110. The average Bonchev–Trinajstić information content (AvgIpc) is 2.14. The maximum Gasteiger partial charge on any atom is 0.225 e. The van der Waals surface area contributed by atoms with Gasteiger partial charge in [-0.15, -0.1) is 0 Å². The van der Waals surface area contributed by atoms with Gasteiger partial charge in [-0.05, 0) is 28.1 Å². The van der Waals surface area contributed by atoms with Crippen molar-refractivity contribution in [1.29, 1.82) is 0 Å². The third-order valence-corrected chi connectivity index (χ3v) is 2.74. The lowest BCUT2D eigenvalue weighted by molar-refractivity contribution is -0.115. The van der Waals surface area contributed by atoms with E-state index in [-0.39, 0.29) is 22.5 Å². The second-order valence-electron chi connectivity index (χ2n) is 2.74. The van der Waals surface area contributed by atoms with Crippen LogP contribution in [0, 0.1) is 11.6 Å². The van der Waals surface area contributed by atoms with Gasteiger partial charge in [0.15, 0.2) is 0 Å². The molecule has 0 saturated heterocycles. The Morgan fingerprint density at radius 2 is 1.87 bits per heavy atom. The van der Waals surface area contributed by atoms with E-state index < -0.39 is 11.6 Å². The molecule has 0 saturated carbocycles. The third kappa shape index (κ3) is 3.53. The van der Waals surface area contributed by atoms with Gasteiger partial charge in [-0.25, -0.2) is 8.78 Å². The monoisotopic (exact) mass is 341 g/mol. The van der Waals surface area contributed by atoms with Gasteiger partial charge in [-0.2, -0.15) is 0 Å². The maximum atomic E-state index is 13.0. The van der Waals surface area contributed by atoms with Crippen LogP contribution in [0.25, 0.3) is 0 Å². The molecule has 1 N–H and O–H groups in total. The molecule has 0 atom stereocenters. The van der Waals surface area contributed by atoms with Crippen LogP contribution in [0.2, 0.25) is 0 Å². The van der Waals surface area contributed by atoms with Gasteiger partial charge in [0.25, 0.3) is 0 Å². The third-order valence-electron chi connectivity index (χ3n) is 1.59. The van der Waals surface area contributed by atoms with Crippen molar-refractivity contribution in [3.05, 3.63) is 28.2 Å². The highest BCUT2D eigenvalue weighted by Gasteiger charge is 2.09.